The quantitative estimate of drug-likeness (QED) is 0.687. The van der Waals surface area contributed by atoms with Gasteiger partial charge in [0.15, 0.2) is 22.8 Å². The van der Waals surface area contributed by atoms with Crippen LogP contribution < -0.4 is 4.74 Å². The summed E-state index contributed by atoms with van der Waals surface area (Å²) in [7, 11) is 0. The number of ether oxygens (including phenoxy) is 2. The number of benzene rings is 1. The van der Waals surface area contributed by atoms with Gasteiger partial charge in [0.1, 0.15) is 22.8 Å². The Morgan fingerprint density at radius 3 is 2.71 bits per heavy atom. The summed E-state index contributed by atoms with van der Waals surface area (Å²) in [6, 6.07) is 4.81. The Hall–Kier alpha value is -2.77. The molecule has 7 nitrogen and oxygen atoms in total. The van der Waals surface area contributed by atoms with Crippen LogP contribution in [0.1, 0.15) is 43.5 Å². The van der Waals surface area contributed by atoms with Crippen molar-refractivity contribution in [3.05, 3.63) is 47.1 Å². The number of hydrogen-bond acceptors (Lipinski definition) is 7. The molecule has 2 saturated heterocycles. The van der Waals surface area contributed by atoms with E-state index in [1.165, 1.54) is 6.07 Å². The van der Waals surface area contributed by atoms with Gasteiger partial charge in [-0.1, -0.05) is 23.8 Å². The molecule has 7 rings (SSSR count). The Morgan fingerprint density at radius 2 is 1.97 bits per heavy atom. The fourth-order valence-electron chi connectivity index (χ4n) is 6.85. The van der Waals surface area contributed by atoms with Crippen molar-refractivity contribution in [2.45, 2.75) is 44.3 Å². The lowest BCUT2D eigenvalue weighted by molar-refractivity contribution is -0.171. The Bertz CT molecular complexity index is 1170. The first kappa shape index (κ1) is 21.7. The van der Waals surface area contributed by atoms with Gasteiger partial charge in [0, 0.05) is 56.3 Å². The number of phenols is 1. The zero-order valence-electron chi connectivity index (χ0n) is 19.5. The molecule has 34 heavy (non-hydrogen) atoms. The Balaban J connectivity index is 1.49. The first-order chi connectivity index (χ1) is 16.3. The summed E-state index contributed by atoms with van der Waals surface area (Å²) in [4.78, 5) is 41.9. The molecule has 3 aliphatic heterocycles. The van der Waals surface area contributed by atoms with Crippen LogP contribution in [0.2, 0.25) is 0 Å². The highest BCUT2D eigenvalue weighted by Crippen LogP contribution is 2.65. The monoisotopic (exact) mass is 463 g/mol. The molecule has 1 aromatic carbocycles. The van der Waals surface area contributed by atoms with Gasteiger partial charge < -0.3 is 19.5 Å². The van der Waals surface area contributed by atoms with Crippen LogP contribution in [0.15, 0.2) is 41.5 Å². The average Bonchev–Trinajstić information content (AvgIpc) is 3.09. The Kier molecular flexibility index (Phi) is 4.71. The minimum absolute atomic E-state index is 0.0306. The van der Waals surface area contributed by atoms with Gasteiger partial charge in [-0.05, 0) is 31.9 Å². The number of allylic oxidation sites excluding steroid dienone is 2. The van der Waals surface area contributed by atoms with Gasteiger partial charge >= 0.3 is 0 Å². The summed E-state index contributed by atoms with van der Waals surface area (Å²) in [5.74, 6) is -0.570. The maximum atomic E-state index is 14.1. The van der Waals surface area contributed by atoms with Crippen molar-refractivity contribution in [3.63, 3.8) is 0 Å². The van der Waals surface area contributed by atoms with Gasteiger partial charge in [-0.3, -0.25) is 14.4 Å². The number of nitrogens with zero attached hydrogens (tertiary/aromatic N) is 1. The normalized spacial score (nSPS) is 36.0. The Morgan fingerprint density at radius 1 is 1.21 bits per heavy atom. The molecule has 0 unspecified atom stereocenters. The van der Waals surface area contributed by atoms with Gasteiger partial charge in [0.05, 0.1) is 6.61 Å². The molecule has 1 saturated carbocycles. The van der Waals surface area contributed by atoms with Crippen molar-refractivity contribution < 1.29 is 29.0 Å². The molecule has 7 heteroatoms. The summed E-state index contributed by atoms with van der Waals surface area (Å²) in [6.45, 7) is 6.31. The second-order valence-electron chi connectivity index (χ2n) is 10.5. The van der Waals surface area contributed by atoms with Crippen LogP contribution >= 0.6 is 0 Å². The summed E-state index contributed by atoms with van der Waals surface area (Å²) < 4.78 is 13.1. The summed E-state index contributed by atoms with van der Waals surface area (Å²) >= 11 is 0. The van der Waals surface area contributed by atoms with Crippen LogP contribution in [-0.2, 0) is 14.3 Å². The van der Waals surface area contributed by atoms with E-state index in [0.29, 0.717) is 56.8 Å². The minimum Gasteiger partial charge on any atom is -0.507 e. The molecular formula is C27H29NO6. The molecule has 178 valence electrons. The van der Waals surface area contributed by atoms with E-state index in [1.54, 1.807) is 18.2 Å². The van der Waals surface area contributed by atoms with Crippen molar-refractivity contribution in [1.29, 1.82) is 0 Å². The van der Waals surface area contributed by atoms with Crippen LogP contribution in [0.25, 0.3) is 0 Å². The van der Waals surface area contributed by atoms with Crippen LogP contribution in [-0.4, -0.2) is 64.8 Å². The van der Waals surface area contributed by atoms with Gasteiger partial charge in [-0.15, -0.1) is 0 Å². The van der Waals surface area contributed by atoms with Crippen molar-refractivity contribution in [2.75, 3.05) is 26.2 Å². The predicted octanol–water partition coefficient (Wildman–Crippen LogP) is 2.87. The van der Waals surface area contributed by atoms with Crippen LogP contribution in [0.5, 0.6) is 11.5 Å². The van der Waals surface area contributed by atoms with E-state index >= 15 is 0 Å². The van der Waals surface area contributed by atoms with E-state index < -0.39 is 17.1 Å². The summed E-state index contributed by atoms with van der Waals surface area (Å²) in [5.41, 5.74) is -0.828. The molecule has 4 bridgehead atoms. The highest BCUT2D eigenvalue weighted by atomic mass is 16.6. The Labute approximate surface area is 198 Å². The van der Waals surface area contributed by atoms with Crippen molar-refractivity contribution in [2.24, 2.45) is 17.8 Å². The molecule has 0 amide bonds. The van der Waals surface area contributed by atoms with Crippen molar-refractivity contribution in [3.8, 4) is 11.5 Å². The van der Waals surface area contributed by atoms with E-state index in [1.807, 2.05) is 19.9 Å². The first-order valence-electron chi connectivity index (χ1n) is 12.1. The molecule has 1 aromatic rings. The third kappa shape index (κ3) is 2.68. The zero-order chi connectivity index (χ0) is 23.8. The largest absolute Gasteiger partial charge is 0.507 e. The minimum atomic E-state index is -1.27. The van der Waals surface area contributed by atoms with E-state index in [9.17, 15) is 19.5 Å². The topological polar surface area (TPSA) is 93.1 Å². The van der Waals surface area contributed by atoms with Gasteiger partial charge in [-0.2, -0.15) is 0 Å². The van der Waals surface area contributed by atoms with E-state index in [0.717, 1.165) is 5.57 Å². The SMILES string of the molecule is CC(C)=CC[C@@]12OC[C@@H]3[C@@H](CN4CCC(=O)CC4)[C@@H](C=C4C(=O)c5c(O)cccc5O[C@]431)C2=O. The third-order valence-electron chi connectivity index (χ3n) is 8.48. The predicted molar refractivity (Wildman–Crippen MR) is 123 cm³/mol. The highest BCUT2D eigenvalue weighted by Gasteiger charge is 2.79. The van der Waals surface area contributed by atoms with Crippen LogP contribution in [0.4, 0.5) is 0 Å². The molecule has 0 radical (unpaired) electrons. The van der Waals surface area contributed by atoms with E-state index in [4.69, 9.17) is 9.47 Å². The number of likely N-dealkylation sites (tertiary alicyclic amines) is 1. The number of rotatable bonds is 4. The molecule has 5 atom stereocenters. The number of aromatic hydroxyl groups is 1. The lowest BCUT2D eigenvalue weighted by atomic mass is 9.49. The second-order valence-corrected chi connectivity index (χ2v) is 10.5. The number of phenolic OH excluding ortho intramolecular Hbond substituents is 1. The van der Waals surface area contributed by atoms with E-state index in [-0.39, 0.29) is 40.5 Å². The molecule has 3 aliphatic carbocycles. The average molecular weight is 464 g/mol. The fourth-order valence-corrected chi connectivity index (χ4v) is 6.85. The number of carbonyl (C=O) groups excluding carboxylic acids is 3. The van der Waals surface area contributed by atoms with Gasteiger partial charge in [0.2, 0.25) is 0 Å². The molecule has 6 aliphatic rings. The summed E-state index contributed by atoms with van der Waals surface area (Å²) in [6.07, 6.45) is 5.19. The number of hydrogen-bond donors (Lipinski definition) is 1. The smallest absolute Gasteiger partial charge is 0.200 e. The van der Waals surface area contributed by atoms with Crippen LogP contribution in [0.3, 0.4) is 0 Å². The molecule has 1 N–H and O–H groups in total. The maximum Gasteiger partial charge on any atom is 0.200 e. The third-order valence-corrected chi connectivity index (χ3v) is 8.48. The standard InChI is InChI=1S/C27H29NO6/c1-15(2)6-9-26-25(32)17-12-19-24(31)23-21(30)4-3-5-22(23)34-27(19,26)20(14-33-26)18(17)13-28-10-7-16(29)8-11-28/h3-6,12,17-18,20,30H,7-11,13-14H2,1-2H3/t17-,18+,20-,26+,27-/m1/s1. The van der Waals surface area contributed by atoms with E-state index in [2.05, 4.69) is 4.90 Å². The molecule has 0 aromatic heterocycles. The summed E-state index contributed by atoms with van der Waals surface area (Å²) in [5, 5.41) is 10.4. The lowest BCUT2D eigenvalue weighted by Crippen LogP contribution is -2.74. The van der Waals surface area contributed by atoms with Crippen molar-refractivity contribution in [1.82, 2.24) is 4.90 Å². The zero-order valence-corrected chi connectivity index (χ0v) is 19.5. The first-order valence-corrected chi connectivity index (χ1v) is 12.1. The fraction of sp³-hybridized carbons (Fsp3) is 0.519. The van der Waals surface area contributed by atoms with Gasteiger partial charge in [-0.25, -0.2) is 0 Å². The lowest BCUT2D eigenvalue weighted by Gasteiger charge is -2.58. The van der Waals surface area contributed by atoms with Crippen LogP contribution in [0, 0.1) is 17.8 Å². The number of Topliss-reactive ketones (excluding diaryl/α,β-unsaturated/α-hetero) is 3. The number of fused-ring (bicyclic) bond motifs is 1. The van der Waals surface area contributed by atoms with Gasteiger partial charge in [0.25, 0.3) is 0 Å². The second kappa shape index (κ2) is 7.36. The van der Waals surface area contributed by atoms with Crippen molar-refractivity contribution >= 4 is 17.3 Å². The number of carbonyl (C=O) groups is 3. The number of piperidine rings is 1. The maximum absolute atomic E-state index is 14.1. The molecule has 3 heterocycles. The highest BCUT2D eigenvalue weighted by molar-refractivity contribution is 6.18. The molecule has 3 fully saturated rings. The number of ketones is 3. The molecule has 1 spiro atoms. The molecular weight excluding hydrogens is 434 g/mol.